The number of carbonyl (C=O) groups excluding carboxylic acids is 1. The van der Waals surface area contributed by atoms with E-state index in [9.17, 15) is 9.90 Å². The van der Waals surface area contributed by atoms with E-state index >= 15 is 0 Å². The van der Waals surface area contributed by atoms with Crippen LogP contribution in [0.4, 0.5) is 0 Å². The van der Waals surface area contributed by atoms with E-state index in [4.69, 9.17) is 4.74 Å². The number of hydrogen-bond acceptors (Lipinski definition) is 3. The second kappa shape index (κ2) is 4.38. The molecule has 0 amide bonds. The van der Waals surface area contributed by atoms with Gasteiger partial charge in [0.2, 0.25) is 0 Å². The minimum Gasteiger partial charge on any atom is -0.465 e. The van der Waals surface area contributed by atoms with E-state index in [-0.39, 0.29) is 11.4 Å². The molecule has 23 heavy (non-hydrogen) atoms. The number of aliphatic hydroxyl groups is 1. The molecule has 0 saturated heterocycles. The van der Waals surface area contributed by atoms with Crippen molar-refractivity contribution < 1.29 is 14.6 Å². The molecule has 3 unspecified atom stereocenters. The van der Waals surface area contributed by atoms with Crippen LogP contribution in [0.3, 0.4) is 0 Å². The molecule has 0 radical (unpaired) electrons. The van der Waals surface area contributed by atoms with Gasteiger partial charge in [-0.05, 0) is 79.9 Å². The zero-order chi connectivity index (χ0) is 15.8. The summed E-state index contributed by atoms with van der Waals surface area (Å²) in [5.74, 6) is 2.94. The van der Waals surface area contributed by atoms with Gasteiger partial charge in [-0.15, -0.1) is 0 Å². The maximum Gasteiger partial charge on any atom is 0.337 e. The molecule has 6 rings (SSSR count). The van der Waals surface area contributed by atoms with Crippen molar-refractivity contribution in [2.45, 2.75) is 44.1 Å². The molecule has 6 atom stereocenters. The molecule has 1 aromatic carbocycles. The van der Waals surface area contributed by atoms with Gasteiger partial charge in [0.25, 0.3) is 0 Å². The van der Waals surface area contributed by atoms with E-state index in [1.54, 1.807) is 12.1 Å². The Kier molecular flexibility index (Phi) is 2.67. The van der Waals surface area contributed by atoms with Crippen molar-refractivity contribution in [3.8, 4) is 0 Å². The first kappa shape index (κ1) is 14.0. The highest BCUT2D eigenvalue weighted by Crippen LogP contribution is 2.76. The largest absolute Gasteiger partial charge is 0.465 e. The molecule has 0 heterocycles. The number of esters is 1. The molecule has 0 aromatic heterocycles. The second-order valence-electron chi connectivity index (χ2n) is 8.50. The van der Waals surface area contributed by atoms with Crippen LogP contribution in [0, 0.1) is 29.1 Å². The summed E-state index contributed by atoms with van der Waals surface area (Å²) < 4.78 is 4.77. The minimum absolute atomic E-state index is 0.120. The SMILES string of the molecule is COC(=O)c1ccc([C@]2(O)CC3C4C[C@@H]5C[C@H](C4)CC32C5)cc1. The summed E-state index contributed by atoms with van der Waals surface area (Å²) in [4.78, 5) is 11.6. The lowest BCUT2D eigenvalue weighted by Gasteiger charge is -2.74. The fraction of sp³-hybridized carbons (Fsp3) is 0.650. The highest BCUT2D eigenvalue weighted by atomic mass is 16.5. The van der Waals surface area contributed by atoms with Gasteiger partial charge in [-0.2, -0.15) is 0 Å². The average Bonchev–Trinajstić information content (AvgIpc) is 2.56. The number of rotatable bonds is 2. The smallest absolute Gasteiger partial charge is 0.337 e. The van der Waals surface area contributed by atoms with Gasteiger partial charge in [0, 0.05) is 5.41 Å². The maximum atomic E-state index is 11.6. The second-order valence-corrected chi connectivity index (χ2v) is 8.50. The van der Waals surface area contributed by atoms with Crippen molar-refractivity contribution >= 4 is 5.97 Å². The van der Waals surface area contributed by atoms with Gasteiger partial charge in [-0.3, -0.25) is 0 Å². The molecule has 3 nitrogen and oxygen atoms in total. The summed E-state index contributed by atoms with van der Waals surface area (Å²) in [7, 11) is 1.40. The molecule has 5 aliphatic carbocycles. The van der Waals surface area contributed by atoms with Gasteiger partial charge < -0.3 is 9.84 Å². The quantitative estimate of drug-likeness (QED) is 0.850. The first-order valence-corrected chi connectivity index (χ1v) is 8.97. The lowest BCUT2D eigenvalue weighted by atomic mass is 9.32. The van der Waals surface area contributed by atoms with E-state index in [0.29, 0.717) is 5.56 Å². The van der Waals surface area contributed by atoms with Crippen LogP contribution >= 0.6 is 0 Å². The Bertz CT molecular complexity index is 650. The Morgan fingerprint density at radius 2 is 1.74 bits per heavy atom. The zero-order valence-electron chi connectivity index (χ0n) is 13.6. The number of carbonyl (C=O) groups is 1. The molecule has 1 aromatic rings. The molecule has 0 aliphatic heterocycles. The average molecular weight is 312 g/mol. The molecule has 5 fully saturated rings. The first-order valence-electron chi connectivity index (χ1n) is 8.97. The van der Waals surface area contributed by atoms with Crippen molar-refractivity contribution in [2.75, 3.05) is 7.11 Å². The van der Waals surface area contributed by atoms with E-state index in [1.807, 2.05) is 12.1 Å². The highest BCUT2D eigenvalue weighted by Gasteiger charge is 2.72. The molecular weight excluding hydrogens is 288 g/mol. The predicted octanol–water partition coefficient (Wildman–Crippen LogP) is 3.51. The third kappa shape index (κ3) is 1.62. The molecule has 5 aliphatic rings. The van der Waals surface area contributed by atoms with Crippen LogP contribution in [0.15, 0.2) is 24.3 Å². The van der Waals surface area contributed by atoms with Crippen molar-refractivity contribution in [3.05, 3.63) is 35.4 Å². The molecule has 3 heteroatoms. The van der Waals surface area contributed by atoms with E-state index in [0.717, 1.165) is 35.7 Å². The Balaban J connectivity index is 1.50. The number of ether oxygens (including phenoxy) is 1. The monoisotopic (exact) mass is 312 g/mol. The summed E-state index contributed by atoms with van der Waals surface area (Å²) in [6.07, 6.45) is 7.53. The fourth-order valence-electron chi connectivity index (χ4n) is 6.95. The molecular formula is C20H24O3. The van der Waals surface area contributed by atoms with Crippen molar-refractivity contribution in [1.82, 2.24) is 0 Å². The lowest BCUT2D eigenvalue weighted by molar-refractivity contribution is -0.305. The van der Waals surface area contributed by atoms with Crippen LogP contribution in [-0.4, -0.2) is 18.2 Å². The maximum absolute atomic E-state index is 11.6. The fourth-order valence-corrected chi connectivity index (χ4v) is 6.95. The van der Waals surface area contributed by atoms with Gasteiger partial charge in [-0.25, -0.2) is 4.79 Å². The standard InChI is InChI=1S/C20H24O3/c1-23-18(21)14-2-4-16(5-3-14)20(22)11-17-15-7-12-6-13(8-15)10-19(17,20)9-12/h2-5,12-13,15,17,22H,6-11H2,1H3/t12-,13+,15?,17?,19?,20-/m1/s1. The van der Waals surface area contributed by atoms with Crippen molar-refractivity contribution in [2.24, 2.45) is 29.1 Å². The van der Waals surface area contributed by atoms with Gasteiger partial charge in [-0.1, -0.05) is 12.1 Å². The van der Waals surface area contributed by atoms with Crippen LogP contribution in [0.25, 0.3) is 0 Å². The normalized spacial score (nSPS) is 46.2. The Morgan fingerprint density at radius 3 is 2.35 bits per heavy atom. The predicted molar refractivity (Wildman–Crippen MR) is 85.8 cm³/mol. The van der Waals surface area contributed by atoms with E-state index < -0.39 is 5.60 Å². The number of benzene rings is 1. The summed E-state index contributed by atoms with van der Waals surface area (Å²) in [6.45, 7) is 0. The molecule has 122 valence electrons. The van der Waals surface area contributed by atoms with Crippen molar-refractivity contribution in [3.63, 3.8) is 0 Å². The van der Waals surface area contributed by atoms with Gasteiger partial charge in [0.15, 0.2) is 0 Å². The summed E-state index contributed by atoms with van der Waals surface area (Å²) in [5, 5.41) is 11.6. The Labute approximate surface area is 137 Å². The number of methoxy groups -OCH3 is 1. The zero-order valence-corrected chi connectivity index (χ0v) is 13.6. The molecule has 4 bridgehead atoms. The van der Waals surface area contributed by atoms with Crippen LogP contribution in [0.2, 0.25) is 0 Å². The summed E-state index contributed by atoms with van der Waals surface area (Å²) >= 11 is 0. The molecule has 5 saturated carbocycles. The highest BCUT2D eigenvalue weighted by molar-refractivity contribution is 5.89. The number of hydrogen-bond donors (Lipinski definition) is 1. The Morgan fingerprint density at radius 1 is 1.09 bits per heavy atom. The third-order valence-electron chi connectivity index (χ3n) is 7.65. The molecule has 1 spiro atoms. The van der Waals surface area contributed by atoms with E-state index in [1.165, 1.54) is 39.2 Å². The Hall–Kier alpha value is -1.35. The summed E-state index contributed by atoms with van der Waals surface area (Å²) in [6, 6.07) is 7.49. The van der Waals surface area contributed by atoms with Gasteiger partial charge in [0.05, 0.1) is 18.3 Å². The van der Waals surface area contributed by atoms with Crippen LogP contribution < -0.4 is 0 Å². The van der Waals surface area contributed by atoms with E-state index in [2.05, 4.69) is 0 Å². The topological polar surface area (TPSA) is 46.5 Å². The van der Waals surface area contributed by atoms with Crippen LogP contribution in [0.1, 0.15) is 54.4 Å². The van der Waals surface area contributed by atoms with Crippen molar-refractivity contribution in [1.29, 1.82) is 0 Å². The molecule has 1 N–H and O–H groups in total. The third-order valence-corrected chi connectivity index (χ3v) is 7.65. The lowest BCUT2D eigenvalue weighted by Crippen LogP contribution is -2.70. The van der Waals surface area contributed by atoms with Crippen LogP contribution in [-0.2, 0) is 10.3 Å². The first-order chi connectivity index (χ1) is 11.1. The minimum atomic E-state index is -0.678. The van der Waals surface area contributed by atoms with Crippen LogP contribution in [0.5, 0.6) is 0 Å². The summed E-state index contributed by atoms with van der Waals surface area (Å²) in [5.41, 5.74) is 1.00. The van der Waals surface area contributed by atoms with Gasteiger partial charge >= 0.3 is 5.97 Å². The van der Waals surface area contributed by atoms with Gasteiger partial charge in [0.1, 0.15) is 0 Å².